The molecule has 0 bridgehead atoms. The van der Waals surface area contributed by atoms with Crippen LogP contribution >= 0.6 is 11.6 Å². The summed E-state index contributed by atoms with van der Waals surface area (Å²) in [4.78, 5) is 11.7. The standard InChI is InChI=1S/C11H12ClFO2/c1-3-9(12)11(14)8-5-4-7(13)6-10(8)15-2/h4-6,9H,3H2,1-2H3. The molecule has 0 aliphatic rings. The predicted octanol–water partition coefficient (Wildman–Crippen LogP) is 3.03. The van der Waals surface area contributed by atoms with Gasteiger partial charge in [0.15, 0.2) is 5.78 Å². The molecule has 0 saturated heterocycles. The molecular formula is C11H12ClFO2. The largest absolute Gasteiger partial charge is 0.496 e. The Morgan fingerprint density at radius 2 is 2.27 bits per heavy atom. The molecule has 1 atom stereocenters. The summed E-state index contributed by atoms with van der Waals surface area (Å²) in [6.45, 7) is 1.81. The normalized spacial score (nSPS) is 12.3. The fourth-order valence-electron chi connectivity index (χ4n) is 1.22. The van der Waals surface area contributed by atoms with Gasteiger partial charge >= 0.3 is 0 Å². The van der Waals surface area contributed by atoms with E-state index in [4.69, 9.17) is 16.3 Å². The number of benzene rings is 1. The van der Waals surface area contributed by atoms with Crippen LogP contribution < -0.4 is 4.74 Å². The molecule has 15 heavy (non-hydrogen) atoms. The Morgan fingerprint density at radius 3 is 2.80 bits per heavy atom. The molecule has 1 rings (SSSR count). The highest BCUT2D eigenvalue weighted by Crippen LogP contribution is 2.23. The van der Waals surface area contributed by atoms with Crippen LogP contribution in [0.5, 0.6) is 5.75 Å². The molecule has 0 aliphatic carbocycles. The summed E-state index contributed by atoms with van der Waals surface area (Å²) in [5.74, 6) is -0.457. The lowest BCUT2D eigenvalue weighted by Gasteiger charge is -2.09. The van der Waals surface area contributed by atoms with Gasteiger partial charge in [0.2, 0.25) is 0 Å². The predicted molar refractivity (Wildman–Crippen MR) is 57.2 cm³/mol. The van der Waals surface area contributed by atoms with E-state index in [1.165, 1.54) is 25.3 Å². The second-order valence-corrected chi connectivity index (χ2v) is 3.61. The molecule has 0 heterocycles. The van der Waals surface area contributed by atoms with Gasteiger partial charge < -0.3 is 4.74 Å². The number of carbonyl (C=O) groups is 1. The average molecular weight is 231 g/mol. The molecule has 4 heteroatoms. The Balaban J connectivity index is 3.08. The zero-order chi connectivity index (χ0) is 11.4. The third kappa shape index (κ3) is 2.69. The van der Waals surface area contributed by atoms with Gasteiger partial charge in [0.05, 0.1) is 18.1 Å². The van der Waals surface area contributed by atoms with Crippen LogP contribution in [0.3, 0.4) is 0 Å². The zero-order valence-electron chi connectivity index (χ0n) is 8.59. The second kappa shape index (κ2) is 5.12. The lowest BCUT2D eigenvalue weighted by atomic mass is 10.1. The summed E-state index contributed by atoms with van der Waals surface area (Å²) >= 11 is 5.82. The van der Waals surface area contributed by atoms with E-state index in [9.17, 15) is 9.18 Å². The van der Waals surface area contributed by atoms with E-state index in [2.05, 4.69) is 0 Å². The van der Waals surface area contributed by atoms with Crippen molar-refractivity contribution in [3.05, 3.63) is 29.6 Å². The van der Waals surface area contributed by atoms with Crippen LogP contribution in [0.1, 0.15) is 23.7 Å². The van der Waals surface area contributed by atoms with E-state index in [0.717, 1.165) is 0 Å². The third-order valence-electron chi connectivity index (χ3n) is 2.07. The van der Waals surface area contributed by atoms with Crippen molar-refractivity contribution in [2.45, 2.75) is 18.7 Å². The second-order valence-electron chi connectivity index (χ2n) is 3.08. The number of carbonyl (C=O) groups excluding carboxylic acids is 1. The minimum Gasteiger partial charge on any atom is -0.496 e. The molecule has 82 valence electrons. The molecule has 0 aromatic heterocycles. The maximum absolute atomic E-state index is 12.9. The average Bonchev–Trinajstić information content (AvgIpc) is 2.26. The Bertz CT molecular complexity index is 366. The molecule has 0 spiro atoms. The number of halogens is 2. The first-order chi connectivity index (χ1) is 7.10. The van der Waals surface area contributed by atoms with Gasteiger partial charge in [-0.2, -0.15) is 0 Å². The third-order valence-corrected chi connectivity index (χ3v) is 2.58. The Labute approximate surface area is 93.0 Å². The first-order valence-corrected chi connectivity index (χ1v) is 5.05. The maximum Gasteiger partial charge on any atom is 0.184 e. The van der Waals surface area contributed by atoms with Gasteiger partial charge in [0.25, 0.3) is 0 Å². The quantitative estimate of drug-likeness (QED) is 0.587. The SMILES string of the molecule is CCC(Cl)C(=O)c1ccc(F)cc1OC. The molecule has 0 saturated carbocycles. The van der Waals surface area contributed by atoms with Crippen LogP contribution in [-0.2, 0) is 0 Å². The van der Waals surface area contributed by atoms with Gasteiger partial charge in [-0.1, -0.05) is 6.92 Å². The van der Waals surface area contributed by atoms with Crippen LogP contribution in [-0.4, -0.2) is 18.3 Å². The number of hydrogen-bond acceptors (Lipinski definition) is 2. The number of ketones is 1. The smallest absolute Gasteiger partial charge is 0.184 e. The van der Waals surface area contributed by atoms with Gasteiger partial charge in [0, 0.05) is 6.07 Å². The monoisotopic (exact) mass is 230 g/mol. The van der Waals surface area contributed by atoms with Crippen molar-refractivity contribution < 1.29 is 13.9 Å². The summed E-state index contributed by atoms with van der Waals surface area (Å²) in [6, 6.07) is 3.78. The first-order valence-electron chi connectivity index (χ1n) is 4.62. The molecule has 0 N–H and O–H groups in total. The van der Waals surface area contributed by atoms with Crippen molar-refractivity contribution in [2.24, 2.45) is 0 Å². The summed E-state index contributed by atoms with van der Waals surface area (Å²) in [5, 5.41) is -0.593. The lowest BCUT2D eigenvalue weighted by Crippen LogP contribution is -2.14. The van der Waals surface area contributed by atoms with Gasteiger partial charge in [-0.15, -0.1) is 11.6 Å². The zero-order valence-corrected chi connectivity index (χ0v) is 9.34. The Kier molecular flexibility index (Phi) is 4.09. The van der Waals surface area contributed by atoms with E-state index in [1.807, 2.05) is 6.92 Å². The van der Waals surface area contributed by atoms with Gasteiger partial charge in [0.1, 0.15) is 11.6 Å². The number of ether oxygens (including phenoxy) is 1. The number of rotatable bonds is 4. The van der Waals surface area contributed by atoms with Crippen molar-refractivity contribution in [3.8, 4) is 5.75 Å². The number of Topliss-reactive ketones (excluding diaryl/α,β-unsaturated/α-hetero) is 1. The molecule has 1 aromatic rings. The minimum atomic E-state index is -0.593. The molecular weight excluding hydrogens is 219 g/mol. The van der Waals surface area contributed by atoms with Crippen molar-refractivity contribution in [1.29, 1.82) is 0 Å². The minimum absolute atomic E-state index is 0.221. The first kappa shape index (κ1) is 12.0. The van der Waals surface area contributed by atoms with Crippen molar-refractivity contribution in [2.75, 3.05) is 7.11 Å². The topological polar surface area (TPSA) is 26.3 Å². The van der Waals surface area contributed by atoms with Gasteiger partial charge in [-0.3, -0.25) is 4.79 Å². The molecule has 0 radical (unpaired) electrons. The van der Waals surface area contributed by atoms with Crippen molar-refractivity contribution >= 4 is 17.4 Å². The van der Waals surface area contributed by atoms with E-state index in [1.54, 1.807) is 0 Å². The van der Waals surface area contributed by atoms with Crippen LogP contribution in [0.2, 0.25) is 0 Å². The fourth-order valence-corrected chi connectivity index (χ4v) is 1.34. The number of methoxy groups -OCH3 is 1. The van der Waals surface area contributed by atoms with Gasteiger partial charge in [-0.25, -0.2) is 4.39 Å². The maximum atomic E-state index is 12.9. The highest BCUT2D eigenvalue weighted by molar-refractivity contribution is 6.34. The summed E-state index contributed by atoms with van der Waals surface area (Å²) in [6.07, 6.45) is 0.529. The summed E-state index contributed by atoms with van der Waals surface area (Å²) < 4.78 is 17.8. The molecule has 0 aliphatic heterocycles. The summed E-state index contributed by atoms with van der Waals surface area (Å²) in [7, 11) is 1.39. The summed E-state index contributed by atoms with van der Waals surface area (Å²) in [5.41, 5.74) is 0.320. The molecule has 1 aromatic carbocycles. The fraction of sp³-hybridized carbons (Fsp3) is 0.364. The van der Waals surface area contributed by atoms with Gasteiger partial charge in [-0.05, 0) is 18.6 Å². The Morgan fingerprint density at radius 1 is 1.60 bits per heavy atom. The van der Waals surface area contributed by atoms with E-state index in [0.29, 0.717) is 12.0 Å². The molecule has 2 nitrogen and oxygen atoms in total. The highest BCUT2D eigenvalue weighted by atomic mass is 35.5. The highest BCUT2D eigenvalue weighted by Gasteiger charge is 2.19. The number of hydrogen-bond donors (Lipinski definition) is 0. The van der Waals surface area contributed by atoms with Crippen LogP contribution in [0, 0.1) is 5.82 Å². The Hall–Kier alpha value is -1.09. The number of alkyl halides is 1. The van der Waals surface area contributed by atoms with Crippen molar-refractivity contribution in [3.63, 3.8) is 0 Å². The van der Waals surface area contributed by atoms with Crippen LogP contribution in [0.25, 0.3) is 0 Å². The van der Waals surface area contributed by atoms with Crippen LogP contribution in [0.4, 0.5) is 4.39 Å². The van der Waals surface area contributed by atoms with E-state index < -0.39 is 11.2 Å². The molecule has 0 amide bonds. The van der Waals surface area contributed by atoms with E-state index >= 15 is 0 Å². The van der Waals surface area contributed by atoms with Crippen molar-refractivity contribution in [1.82, 2.24) is 0 Å². The lowest BCUT2D eigenvalue weighted by molar-refractivity contribution is 0.0982. The van der Waals surface area contributed by atoms with Crippen LogP contribution in [0.15, 0.2) is 18.2 Å². The molecule has 1 unspecified atom stereocenters. The van der Waals surface area contributed by atoms with E-state index in [-0.39, 0.29) is 11.5 Å². The molecule has 0 fully saturated rings.